The van der Waals surface area contributed by atoms with E-state index in [2.05, 4.69) is 30.6 Å². The minimum Gasteiger partial charge on any atom is -0.550 e. The van der Waals surface area contributed by atoms with E-state index >= 15 is 0 Å². The average molecular weight is 644 g/mol. The minimum atomic E-state index is -1.40. The molecule has 0 saturated carbocycles. The summed E-state index contributed by atoms with van der Waals surface area (Å²) in [4.78, 5) is 70.3. The van der Waals surface area contributed by atoms with Crippen molar-refractivity contribution in [2.24, 2.45) is 5.73 Å². The van der Waals surface area contributed by atoms with Crippen LogP contribution >= 0.6 is 11.8 Å². The molecule has 3 aromatic rings. The summed E-state index contributed by atoms with van der Waals surface area (Å²) in [6, 6.07) is 3.98. The van der Waals surface area contributed by atoms with Crippen LogP contribution in [0.15, 0.2) is 35.3 Å². The zero-order valence-corrected chi connectivity index (χ0v) is 24.1. The van der Waals surface area contributed by atoms with Crippen LogP contribution in [0.3, 0.4) is 0 Å². The smallest absolute Gasteiger partial charge is 0.550 e. The van der Waals surface area contributed by atoms with E-state index in [0.29, 0.717) is 17.8 Å². The van der Waals surface area contributed by atoms with E-state index in [-0.39, 0.29) is 52.7 Å². The number of carboxylic acids is 3. The molecule has 1 unspecified atom stereocenters. The summed E-state index contributed by atoms with van der Waals surface area (Å²) >= 11 is 1.58. The van der Waals surface area contributed by atoms with Crippen LogP contribution in [0.2, 0.25) is 0 Å². The fourth-order valence-corrected chi connectivity index (χ4v) is 3.60. The Morgan fingerprint density at radius 3 is 2.36 bits per heavy atom. The molecule has 2 atom stereocenters. The number of H-pyrrole nitrogens is 1. The predicted octanol–water partition coefficient (Wildman–Crippen LogP) is -2.57. The third kappa shape index (κ3) is 11.7. The average Bonchev–Trinajstić information content (AvgIpc) is 2.93. The summed E-state index contributed by atoms with van der Waals surface area (Å²) < 4.78 is 0. The molecule has 1 amide bonds. The second-order valence-corrected chi connectivity index (χ2v) is 9.38. The number of hydrogen-bond donors (Lipinski definition) is 6. The summed E-state index contributed by atoms with van der Waals surface area (Å²) in [5.41, 5.74) is 11.6. The Morgan fingerprint density at radius 2 is 1.79 bits per heavy atom. The molecule has 0 aliphatic carbocycles. The normalized spacial score (nSPS) is 11.7. The molecule has 16 nitrogen and oxygen atoms in total. The third-order valence-electron chi connectivity index (χ3n) is 5.28. The number of anilines is 2. The topological polar surface area (TPSA) is 282 Å². The molecule has 3 rings (SSSR count). The third-order valence-corrected chi connectivity index (χ3v) is 5.93. The number of amides is 1. The van der Waals surface area contributed by atoms with Crippen LogP contribution in [-0.2, 0) is 38.0 Å². The zero-order chi connectivity index (χ0) is 30.5. The van der Waals surface area contributed by atoms with Crippen LogP contribution in [0.5, 0.6) is 0 Å². The first kappa shape index (κ1) is 35.8. The summed E-state index contributed by atoms with van der Waals surface area (Å²) in [6.45, 7) is 0.225. The number of aromatic nitrogens is 4. The molecule has 226 valence electrons. The van der Waals surface area contributed by atoms with E-state index in [1.165, 1.54) is 18.3 Å². The SMILES string of the molecule is CSCC[C@H](N)C(=O)[O-].Nc1nc2ncc(CNc3ccc(C(=O)NC(CCC(=O)[O-])C(=O)O)cc3)nc2c(=O)[nH]1.[Fe+2]. The molecule has 0 radical (unpaired) electrons. The first-order valence-electron chi connectivity index (χ1n) is 12.0. The predicted molar refractivity (Wildman–Crippen MR) is 145 cm³/mol. The maximum Gasteiger partial charge on any atom is 2.00 e. The molecule has 42 heavy (non-hydrogen) atoms. The van der Waals surface area contributed by atoms with Gasteiger partial charge in [0, 0.05) is 23.3 Å². The number of benzene rings is 1. The van der Waals surface area contributed by atoms with Gasteiger partial charge in [0.15, 0.2) is 11.2 Å². The number of nitrogen functional groups attached to an aromatic ring is 1. The number of nitrogens with zero attached hydrogens (tertiary/aromatic N) is 3. The van der Waals surface area contributed by atoms with Gasteiger partial charge in [-0.05, 0) is 55.5 Å². The fraction of sp³-hybridized carbons (Fsp3) is 0.333. The van der Waals surface area contributed by atoms with E-state index in [1.54, 1.807) is 23.9 Å². The van der Waals surface area contributed by atoms with Gasteiger partial charge in [-0.2, -0.15) is 16.7 Å². The van der Waals surface area contributed by atoms with E-state index in [0.717, 1.165) is 5.75 Å². The molecule has 18 heteroatoms. The van der Waals surface area contributed by atoms with Crippen LogP contribution in [0.4, 0.5) is 11.6 Å². The summed E-state index contributed by atoms with van der Waals surface area (Å²) in [5, 5.41) is 34.9. The quantitative estimate of drug-likeness (QED) is 0.104. The standard InChI is InChI=1S/C19H19N7O6.C5H11NO2S.Fe/c20-19-25-15-14(17(30)26-19)23-11(8-22-15)7-21-10-3-1-9(2-4-10)16(29)24-12(18(31)32)5-6-13(27)28;1-9-3-2-4(6)5(7)8;/h1-4,8,12,21H,5-7H2,(H,24,29)(H,27,28)(H,31,32)(H3,20,22,25,26,30);4H,2-3,6H2,1H3,(H,7,8);/q;;+2/p-2/t;4-;/m.0./s1. The van der Waals surface area contributed by atoms with Gasteiger partial charge in [-0.15, -0.1) is 0 Å². The van der Waals surface area contributed by atoms with Crippen molar-refractivity contribution in [3.63, 3.8) is 0 Å². The van der Waals surface area contributed by atoms with Crippen molar-refractivity contribution in [3.05, 3.63) is 52.1 Å². The van der Waals surface area contributed by atoms with E-state index in [9.17, 15) is 34.2 Å². The van der Waals surface area contributed by atoms with Crippen molar-refractivity contribution in [1.82, 2.24) is 25.3 Å². The summed E-state index contributed by atoms with van der Waals surface area (Å²) in [6.07, 6.45) is 3.06. The number of nitrogens with one attached hydrogen (secondary N) is 3. The number of nitrogens with two attached hydrogens (primary N) is 2. The van der Waals surface area contributed by atoms with Gasteiger partial charge in [-0.3, -0.25) is 14.6 Å². The Hall–Kier alpha value is -4.25. The van der Waals surface area contributed by atoms with Crippen molar-refractivity contribution < 1.29 is 51.6 Å². The van der Waals surface area contributed by atoms with Crippen LogP contribution in [-0.4, -0.2) is 72.9 Å². The summed E-state index contributed by atoms with van der Waals surface area (Å²) in [7, 11) is 0. The van der Waals surface area contributed by atoms with Gasteiger partial charge in [0.25, 0.3) is 11.5 Å². The fourth-order valence-electron chi connectivity index (χ4n) is 3.11. The first-order chi connectivity index (χ1) is 19.4. The molecule has 0 bridgehead atoms. The second-order valence-electron chi connectivity index (χ2n) is 8.40. The monoisotopic (exact) mass is 644 g/mol. The van der Waals surface area contributed by atoms with Gasteiger partial charge in [0.2, 0.25) is 5.95 Å². The van der Waals surface area contributed by atoms with Crippen LogP contribution < -0.4 is 37.9 Å². The molecule has 0 aliphatic heterocycles. The molecule has 2 aromatic heterocycles. The van der Waals surface area contributed by atoms with Gasteiger partial charge in [0.1, 0.15) is 6.04 Å². The molecule has 2 heterocycles. The van der Waals surface area contributed by atoms with Gasteiger partial charge in [0.05, 0.1) is 24.4 Å². The molecular formula is C24H28FeN8O8S. The van der Waals surface area contributed by atoms with Crippen LogP contribution in [0.25, 0.3) is 11.2 Å². The molecule has 0 fully saturated rings. The van der Waals surface area contributed by atoms with Crippen molar-refractivity contribution in [2.75, 3.05) is 23.1 Å². The first-order valence-corrected chi connectivity index (χ1v) is 13.3. The number of aliphatic carboxylic acids is 3. The van der Waals surface area contributed by atoms with Gasteiger partial charge >= 0.3 is 23.0 Å². The molecule has 0 aliphatic rings. The van der Waals surface area contributed by atoms with Crippen molar-refractivity contribution in [3.8, 4) is 0 Å². The Balaban J connectivity index is 0.000000765. The van der Waals surface area contributed by atoms with E-state index in [4.69, 9.17) is 16.6 Å². The molecule has 0 spiro atoms. The van der Waals surface area contributed by atoms with E-state index in [1.807, 2.05) is 6.26 Å². The molecule has 1 aromatic carbocycles. The minimum absolute atomic E-state index is 0. The molecule has 0 saturated heterocycles. The number of hydrogen-bond acceptors (Lipinski definition) is 14. The van der Waals surface area contributed by atoms with Crippen LogP contribution in [0, 0.1) is 0 Å². The number of aromatic amines is 1. The Labute approximate surface area is 253 Å². The largest absolute Gasteiger partial charge is 2.00 e. The zero-order valence-electron chi connectivity index (χ0n) is 22.1. The van der Waals surface area contributed by atoms with Gasteiger partial charge in [-0.1, -0.05) is 0 Å². The van der Waals surface area contributed by atoms with Gasteiger partial charge < -0.3 is 47.0 Å². The van der Waals surface area contributed by atoms with Crippen molar-refractivity contribution in [2.45, 2.75) is 37.9 Å². The number of thioether (sulfide) groups is 1. The number of carbonyl (C=O) groups is 4. The Bertz CT molecular complexity index is 1440. The molecular weight excluding hydrogens is 616 g/mol. The summed E-state index contributed by atoms with van der Waals surface area (Å²) in [5.74, 6) is -3.85. The number of fused-ring (bicyclic) bond motifs is 1. The maximum atomic E-state index is 12.3. The second kappa shape index (κ2) is 17.5. The van der Waals surface area contributed by atoms with E-state index < -0.39 is 47.9 Å². The van der Waals surface area contributed by atoms with Crippen molar-refractivity contribution in [1.29, 1.82) is 0 Å². The Morgan fingerprint density at radius 1 is 1.12 bits per heavy atom. The van der Waals surface area contributed by atoms with Crippen LogP contribution in [0.1, 0.15) is 35.3 Å². The number of rotatable bonds is 13. The van der Waals surface area contributed by atoms with Crippen molar-refractivity contribution >= 4 is 58.4 Å². The van der Waals surface area contributed by atoms with Gasteiger partial charge in [-0.25, -0.2) is 14.8 Å². The molecule has 8 N–H and O–H groups in total. The maximum absolute atomic E-state index is 12.3. The Kier molecular flexibility index (Phi) is 14.9. The number of carbonyl (C=O) groups excluding carboxylic acids is 3. The number of carboxylic acid groups (broad SMARTS) is 3.